The Labute approximate surface area is 108 Å². The Kier molecular flexibility index (Phi) is 2.52. The molecule has 0 amide bonds. The largest absolute Gasteiger partial charge is 0.399 e. The highest BCUT2D eigenvalue weighted by atomic mass is 32.1. The molecule has 2 aromatic carbocycles. The van der Waals surface area contributed by atoms with Gasteiger partial charge in [0.25, 0.3) is 0 Å². The first kappa shape index (κ1) is 11.2. The van der Waals surface area contributed by atoms with Crippen molar-refractivity contribution in [3.8, 4) is 10.6 Å². The molecule has 0 spiro atoms. The molecule has 90 valence electrons. The summed E-state index contributed by atoms with van der Waals surface area (Å²) >= 11 is 1.49. The van der Waals surface area contributed by atoms with Gasteiger partial charge in [-0.1, -0.05) is 0 Å². The molecule has 18 heavy (non-hydrogen) atoms. The van der Waals surface area contributed by atoms with Crippen molar-refractivity contribution in [1.82, 2.24) is 4.98 Å². The van der Waals surface area contributed by atoms with Crippen LogP contribution in [0.3, 0.4) is 0 Å². The highest BCUT2D eigenvalue weighted by Crippen LogP contribution is 2.32. The molecule has 0 atom stereocenters. The summed E-state index contributed by atoms with van der Waals surface area (Å²) in [4.78, 5) is 4.53. The third kappa shape index (κ3) is 1.84. The summed E-state index contributed by atoms with van der Waals surface area (Å²) in [5.41, 5.74) is 9.43. The fraction of sp³-hybridized carbons (Fsp3) is 0.0714. The van der Waals surface area contributed by atoms with Gasteiger partial charge in [0.1, 0.15) is 10.8 Å². The molecule has 2 N–H and O–H groups in total. The fourth-order valence-electron chi connectivity index (χ4n) is 1.94. The third-order valence-corrected chi connectivity index (χ3v) is 3.88. The third-order valence-electron chi connectivity index (χ3n) is 2.83. The van der Waals surface area contributed by atoms with Gasteiger partial charge in [0.15, 0.2) is 0 Å². The minimum absolute atomic E-state index is 0.230. The smallest absolute Gasteiger partial charge is 0.124 e. The molecule has 0 aliphatic heterocycles. The Morgan fingerprint density at radius 2 is 2.00 bits per heavy atom. The van der Waals surface area contributed by atoms with Gasteiger partial charge in [-0.2, -0.15) is 0 Å². The Morgan fingerprint density at radius 1 is 1.17 bits per heavy atom. The quantitative estimate of drug-likeness (QED) is 0.670. The SMILES string of the molecule is Cc1cc(N)ccc1-c1nc2ccc(F)cc2s1. The average molecular weight is 258 g/mol. The second-order valence-corrected chi connectivity index (χ2v) is 5.24. The van der Waals surface area contributed by atoms with Crippen LogP contribution in [0.15, 0.2) is 36.4 Å². The van der Waals surface area contributed by atoms with E-state index in [4.69, 9.17) is 5.73 Å². The van der Waals surface area contributed by atoms with Crippen molar-refractivity contribution in [2.45, 2.75) is 6.92 Å². The molecule has 0 aliphatic rings. The fourth-order valence-corrected chi connectivity index (χ4v) is 3.02. The lowest BCUT2D eigenvalue weighted by Gasteiger charge is -2.02. The number of hydrogen-bond donors (Lipinski definition) is 1. The predicted octanol–water partition coefficient (Wildman–Crippen LogP) is 3.99. The van der Waals surface area contributed by atoms with Gasteiger partial charge in [-0.05, 0) is 48.9 Å². The van der Waals surface area contributed by atoms with E-state index in [1.807, 2.05) is 25.1 Å². The maximum absolute atomic E-state index is 13.1. The van der Waals surface area contributed by atoms with Crippen molar-refractivity contribution in [3.05, 3.63) is 47.8 Å². The van der Waals surface area contributed by atoms with Crippen molar-refractivity contribution < 1.29 is 4.39 Å². The van der Waals surface area contributed by atoms with E-state index in [0.717, 1.165) is 32.0 Å². The maximum Gasteiger partial charge on any atom is 0.124 e. The van der Waals surface area contributed by atoms with Crippen LogP contribution >= 0.6 is 11.3 Å². The van der Waals surface area contributed by atoms with E-state index in [1.54, 1.807) is 6.07 Å². The average Bonchev–Trinajstić information content (AvgIpc) is 2.71. The van der Waals surface area contributed by atoms with Crippen molar-refractivity contribution in [3.63, 3.8) is 0 Å². The van der Waals surface area contributed by atoms with E-state index < -0.39 is 0 Å². The number of benzene rings is 2. The van der Waals surface area contributed by atoms with Crippen LogP contribution in [0.2, 0.25) is 0 Å². The molecule has 0 radical (unpaired) electrons. The summed E-state index contributed by atoms with van der Waals surface area (Å²) in [6, 6.07) is 10.4. The molecule has 0 unspecified atom stereocenters. The van der Waals surface area contributed by atoms with Crippen molar-refractivity contribution in [2.75, 3.05) is 5.73 Å². The number of nitrogens with zero attached hydrogens (tertiary/aromatic N) is 1. The Morgan fingerprint density at radius 3 is 2.78 bits per heavy atom. The molecule has 4 heteroatoms. The molecule has 0 saturated heterocycles. The number of nitrogen functional groups attached to an aromatic ring is 1. The Hall–Kier alpha value is -1.94. The van der Waals surface area contributed by atoms with Crippen LogP contribution in [0.5, 0.6) is 0 Å². The van der Waals surface area contributed by atoms with Crippen LogP contribution in [0.25, 0.3) is 20.8 Å². The lowest BCUT2D eigenvalue weighted by atomic mass is 10.1. The number of nitrogens with two attached hydrogens (primary N) is 1. The van der Waals surface area contributed by atoms with Crippen molar-refractivity contribution in [1.29, 1.82) is 0 Å². The lowest BCUT2D eigenvalue weighted by molar-refractivity contribution is 0.630. The Balaban J connectivity index is 2.19. The second kappa shape index (κ2) is 4.07. The van der Waals surface area contributed by atoms with Crippen LogP contribution in [0, 0.1) is 12.7 Å². The van der Waals surface area contributed by atoms with Gasteiger partial charge in [-0.15, -0.1) is 11.3 Å². The normalized spacial score (nSPS) is 11.0. The minimum Gasteiger partial charge on any atom is -0.399 e. The minimum atomic E-state index is -0.230. The van der Waals surface area contributed by atoms with Crippen LogP contribution < -0.4 is 5.73 Å². The summed E-state index contributed by atoms with van der Waals surface area (Å²) in [7, 11) is 0. The van der Waals surface area contributed by atoms with Gasteiger partial charge >= 0.3 is 0 Å². The second-order valence-electron chi connectivity index (χ2n) is 4.21. The highest BCUT2D eigenvalue weighted by Gasteiger charge is 2.09. The van der Waals surface area contributed by atoms with Crippen molar-refractivity contribution >= 4 is 27.2 Å². The molecular formula is C14H11FN2S. The first-order valence-electron chi connectivity index (χ1n) is 5.56. The zero-order valence-electron chi connectivity index (χ0n) is 9.77. The molecule has 2 nitrogen and oxygen atoms in total. The number of halogens is 1. The van der Waals surface area contributed by atoms with E-state index >= 15 is 0 Å². The molecular weight excluding hydrogens is 247 g/mol. The zero-order chi connectivity index (χ0) is 12.7. The molecule has 3 aromatic rings. The van der Waals surface area contributed by atoms with Gasteiger partial charge in [0.2, 0.25) is 0 Å². The first-order chi connectivity index (χ1) is 8.63. The van der Waals surface area contributed by atoms with E-state index in [9.17, 15) is 4.39 Å². The number of anilines is 1. The number of fused-ring (bicyclic) bond motifs is 1. The maximum atomic E-state index is 13.1. The summed E-state index contributed by atoms with van der Waals surface area (Å²) in [5.74, 6) is -0.230. The van der Waals surface area contributed by atoms with E-state index in [1.165, 1.54) is 23.5 Å². The summed E-state index contributed by atoms with van der Waals surface area (Å²) < 4.78 is 14.0. The van der Waals surface area contributed by atoms with Crippen LogP contribution in [0.1, 0.15) is 5.56 Å². The monoisotopic (exact) mass is 258 g/mol. The summed E-state index contributed by atoms with van der Waals surface area (Å²) in [6.07, 6.45) is 0. The number of rotatable bonds is 1. The van der Waals surface area contributed by atoms with Gasteiger partial charge in [-0.3, -0.25) is 0 Å². The Bertz CT molecular complexity index is 734. The first-order valence-corrected chi connectivity index (χ1v) is 6.38. The van der Waals surface area contributed by atoms with Crippen LogP contribution in [-0.4, -0.2) is 4.98 Å². The lowest BCUT2D eigenvalue weighted by Crippen LogP contribution is -1.87. The number of aromatic nitrogens is 1. The molecule has 0 fully saturated rings. The molecule has 3 rings (SSSR count). The standard InChI is InChI=1S/C14H11FN2S/c1-8-6-10(16)3-4-11(8)14-17-12-5-2-9(15)7-13(12)18-14/h2-7H,16H2,1H3. The van der Waals surface area contributed by atoms with Gasteiger partial charge < -0.3 is 5.73 Å². The van der Waals surface area contributed by atoms with Crippen LogP contribution in [-0.2, 0) is 0 Å². The van der Waals surface area contributed by atoms with Gasteiger partial charge in [0, 0.05) is 11.3 Å². The number of aryl methyl sites for hydroxylation is 1. The summed E-state index contributed by atoms with van der Waals surface area (Å²) in [6.45, 7) is 2.00. The number of hydrogen-bond acceptors (Lipinski definition) is 3. The topological polar surface area (TPSA) is 38.9 Å². The number of thiazole rings is 1. The molecule has 1 aromatic heterocycles. The molecule has 1 heterocycles. The molecule has 0 aliphatic carbocycles. The van der Waals surface area contributed by atoms with Crippen molar-refractivity contribution in [2.24, 2.45) is 0 Å². The molecule has 0 saturated carbocycles. The van der Waals surface area contributed by atoms with E-state index in [0.29, 0.717) is 0 Å². The van der Waals surface area contributed by atoms with Crippen LogP contribution in [0.4, 0.5) is 10.1 Å². The van der Waals surface area contributed by atoms with E-state index in [2.05, 4.69) is 4.98 Å². The predicted molar refractivity (Wildman–Crippen MR) is 74.2 cm³/mol. The van der Waals surface area contributed by atoms with E-state index in [-0.39, 0.29) is 5.82 Å². The summed E-state index contributed by atoms with van der Waals surface area (Å²) in [5, 5.41) is 0.896. The highest BCUT2D eigenvalue weighted by molar-refractivity contribution is 7.21. The molecule has 0 bridgehead atoms. The zero-order valence-corrected chi connectivity index (χ0v) is 10.6. The van der Waals surface area contributed by atoms with Gasteiger partial charge in [0.05, 0.1) is 10.2 Å². The van der Waals surface area contributed by atoms with Gasteiger partial charge in [-0.25, -0.2) is 9.37 Å².